The van der Waals surface area contributed by atoms with Gasteiger partial charge in [0.15, 0.2) is 0 Å². The summed E-state index contributed by atoms with van der Waals surface area (Å²) in [5.74, 6) is 0.939. The van der Waals surface area contributed by atoms with Gasteiger partial charge < -0.3 is 15.2 Å². The molecule has 0 aromatic rings. The van der Waals surface area contributed by atoms with Crippen LogP contribution in [-0.2, 0) is 4.74 Å². The van der Waals surface area contributed by atoms with Gasteiger partial charge in [0.25, 0.3) is 0 Å². The predicted octanol–water partition coefficient (Wildman–Crippen LogP) is 0.849. The van der Waals surface area contributed by atoms with Gasteiger partial charge in [-0.3, -0.25) is 4.90 Å². The van der Waals surface area contributed by atoms with E-state index >= 15 is 0 Å². The molecule has 1 saturated heterocycles. The molecule has 4 nitrogen and oxygen atoms in total. The third kappa shape index (κ3) is 5.22. The second-order valence-electron chi connectivity index (χ2n) is 5.71. The fourth-order valence-electron chi connectivity index (χ4n) is 3.02. The highest BCUT2D eigenvalue weighted by Crippen LogP contribution is 2.26. The summed E-state index contributed by atoms with van der Waals surface area (Å²) in [5.41, 5.74) is 0. The lowest BCUT2D eigenvalue weighted by Crippen LogP contribution is -2.43. The minimum Gasteiger partial charge on any atom is -0.390 e. The lowest BCUT2D eigenvalue weighted by Gasteiger charge is -2.28. The molecule has 0 bridgehead atoms. The Morgan fingerprint density at radius 1 is 1.22 bits per heavy atom. The molecule has 2 fully saturated rings. The first-order chi connectivity index (χ1) is 8.84. The molecule has 1 saturated carbocycles. The van der Waals surface area contributed by atoms with Crippen molar-refractivity contribution >= 4 is 0 Å². The lowest BCUT2D eigenvalue weighted by atomic mass is 10.0. The molecule has 0 aromatic heterocycles. The summed E-state index contributed by atoms with van der Waals surface area (Å²) in [7, 11) is 0. The second kappa shape index (κ2) is 8.10. The molecule has 106 valence electrons. The number of aliphatic hydroxyl groups excluding tert-OH is 1. The summed E-state index contributed by atoms with van der Waals surface area (Å²) >= 11 is 0. The Bertz CT molecular complexity index is 214. The van der Waals surface area contributed by atoms with Crippen molar-refractivity contribution in [3.05, 3.63) is 0 Å². The van der Waals surface area contributed by atoms with E-state index in [0.29, 0.717) is 0 Å². The largest absolute Gasteiger partial charge is 0.390 e. The van der Waals surface area contributed by atoms with Crippen LogP contribution in [-0.4, -0.2) is 62.0 Å². The van der Waals surface area contributed by atoms with Crippen molar-refractivity contribution < 1.29 is 9.84 Å². The van der Waals surface area contributed by atoms with E-state index in [1.165, 1.54) is 32.1 Å². The van der Waals surface area contributed by atoms with E-state index in [9.17, 15) is 5.11 Å². The van der Waals surface area contributed by atoms with Crippen LogP contribution in [0.15, 0.2) is 0 Å². The van der Waals surface area contributed by atoms with E-state index < -0.39 is 0 Å². The van der Waals surface area contributed by atoms with Gasteiger partial charge in [-0.2, -0.15) is 0 Å². The van der Waals surface area contributed by atoms with Crippen molar-refractivity contribution in [2.24, 2.45) is 5.92 Å². The van der Waals surface area contributed by atoms with Crippen LogP contribution in [0.3, 0.4) is 0 Å². The number of nitrogens with zero attached hydrogens (tertiary/aromatic N) is 1. The number of nitrogens with one attached hydrogen (secondary N) is 1. The summed E-state index contributed by atoms with van der Waals surface area (Å²) in [6.07, 6.45) is 6.71. The highest BCUT2D eigenvalue weighted by molar-refractivity contribution is 4.71. The highest BCUT2D eigenvalue weighted by Gasteiger charge is 2.16. The molecule has 2 N–H and O–H groups in total. The topological polar surface area (TPSA) is 44.7 Å². The van der Waals surface area contributed by atoms with Gasteiger partial charge in [0, 0.05) is 26.2 Å². The fraction of sp³-hybridized carbons (Fsp3) is 1.00. The van der Waals surface area contributed by atoms with Crippen LogP contribution in [0.5, 0.6) is 0 Å². The van der Waals surface area contributed by atoms with Gasteiger partial charge in [-0.25, -0.2) is 0 Å². The molecule has 1 aliphatic heterocycles. The lowest BCUT2D eigenvalue weighted by molar-refractivity contribution is 0.0149. The molecule has 0 radical (unpaired) electrons. The van der Waals surface area contributed by atoms with E-state index in [1.54, 1.807) is 0 Å². The first kappa shape index (κ1) is 14.3. The van der Waals surface area contributed by atoms with Crippen LogP contribution in [0.25, 0.3) is 0 Å². The molecule has 4 heteroatoms. The Balaban J connectivity index is 1.47. The van der Waals surface area contributed by atoms with Crippen LogP contribution in [0, 0.1) is 5.92 Å². The van der Waals surface area contributed by atoms with Crippen molar-refractivity contribution in [1.82, 2.24) is 10.2 Å². The van der Waals surface area contributed by atoms with Crippen molar-refractivity contribution in [3.63, 3.8) is 0 Å². The molecule has 0 aromatic carbocycles. The predicted molar refractivity (Wildman–Crippen MR) is 72.7 cm³/mol. The Morgan fingerprint density at radius 2 is 1.94 bits per heavy atom. The fourth-order valence-corrected chi connectivity index (χ4v) is 3.02. The molecule has 1 aliphatic carbocycles. The smallest absolute Gasteiger partial charge is 0.0791 e. The Hall–Kier alpha value is -0.160. The van der Waals surface area contributed by atoms with E-state index in [4.69, 9.17) is 4.74 Å². The molecule has 18 heavy (non-hydrogen) atoms. The zero-order valence-corrected chi connectivity index (χ0v) is 11.4. The third-order valence-corrected chi connectivity index (χ3v) is 4.16. The Morgan fingerprint density at radius 3 is 2.67 bits per heavy atom. The molecule has 1 unspecified atom stereocenters. The standard InChI is InChI=1S/C14H28N2O2/c17-14(12-16-7-9-18-10-8-16)11-15-6-5-13-3-1-2-4-13/h13-15,17H,1-12H2. The van der Waals surface area contributed by atoms with Gasteiger partial charge >= 0.3 is 0 Å². The molecule has 1 atom stereocenters. The number of β-amino-alcohol motifs (C(OH)–C–C–N with tert-alkyl or cyclic N) is 1. The SMILES string of the molecule is OC(CNCCC1CCCC1)CN1CCOCC1. The van der Waals surface area contributed by atoms with Crippen LogP contribution in [0.2, 0.25) is 0 Å². The van der Waals surface area contributed by atoms with Crippen molar-refractivity contribution in [2.75, 3.05) is 45.9 Å². The summed E-state index contributed by atoms with van der Waals surface area (Å²) < 4.78 is 5.30. The summed E-state index contributed by atoms with van der Waals surface area (Å²) in [6.45, 7) is 6.09. The van der Waals surface area contributed by atoms with Crippen LogP contribution in [0.1, 0.15) is 32.1 Å². The van der Waals surface area contributed by atoms with E-state index in [-0.39, 0.29) is 6.10 Å². The average Bonchev–Trinajstić information content (AvgIpc) is 2.89. The first-order valence-corrected chi connectivity index (χ1v) is 7.53. The maximum absolute atomic E-state index is 9.95. The number of morpholine rings is 1. The molecule has 1 heterocycles. The number of aliphatic hydroxyl groups is 1. The van der Waals surface area contributed by atoms with Gasteiger partial charge in [-0.05, 0) is 18.9 Å². The number of hydrogen-bond donors (Lipinski definition) is 2. The van der Waals surface area contributed by atoms with Gasteiger partial charge in [0.1, 0.15) is 0 Å². The van der Waals surface area contributed by atoms with Crippen LogP contribution in [0.4, 0.5) is 0 Å². The summed E-state index contributed by atoms with van der Waals surface area (Å²) in [6, 6.07) is 0. The third-order valence-electron chi connectivity index (χ3n) is 4.16. The van der Waals surface area contributed by atoms with Gasteiger partial charge in [0.2, 0.25) is 0 Å². The summed E-state index contributed by atoms with van der Waals surface area (Å²) in [4.78, 5) is 2.28. The number of ether oxygens (including phenoxy) is 1. The number of hydrogen-bond acceptors (Lipinski definition) is 4. The highest BCUT2D eigenvalue weighted by atomic mass is 16.5. The second-order valence-corrected chi connectivity index (χ2v) is 5.71. The summed E-state index contributed by atoms with van der Waals surface area (Å²) in [5, 5.41) is 13.3. The van der Waals surface area contributed by atoms with E-state index in [2.05, 4.69) is 10.2 Å². The van der Waals surface area contributed by atoms with Crippen molar-refractivity contribution in [3.8, 4) is 0 Å². The maximum atomic E-state index is 9.95. The van der Waals surface area contributed by atoms with Gasteiger partial charge in [-0.15, -0.1) is 0 Å². The normalized spacial score (nSPS) is 24.5. The van der Waals surface area contributed by atoms with Crippen LogP contribution < -0.4 is 5.32 Å². The van der Waals surface area contributed by atoms with Crippen LogP contribution >= 0.6 is 0 Å². The quantitative estimate of drug-likeness (QED) is 0.663. The Kier molecular flexibility index (Phi) is 6.41. The maximum Gasteiger partial charge on any atom is 0.0791 e. The van der Waals surface area contributed by atoms with E-state index in [0.717, 1.165) is 51.9 Å². The molecule has 0 amide bonds. The minimum atomic E-state index is -0.244. The monoisotopic (exact) mass is 256 g/mol. The molecular weight excluding hydrogens is 228 g/mol. The Labute approximate surface area is 111 Å². The minimum absolute atomic E-state index is 0.244. The molecule has 2 aliphatic rings. The molecule has 2 rings (SSSR count). The van der Waals surface area contributed by atoms with Crippen molar-refractivity contribution in [1.29, 1.82) is 0 Å². The average molecular weight is 256 g/mol. The van der Waals surface area contributed by atoms with Gasteiger partial charge in [0.05, 0.1) is 19.3 Å². The zero-order valence-electron chi connectivity index (χ0n) is 11.4. The molecular formula is C14H28N2O2. The number of rotatable bonds is 7. The zero-order chi connectivity index (χ0) is 12.6. The van der Waals surface area contributed by atoms with Crippen molar-refractivity contribution in [2.45, 2.75) is 38.2 Å². The van der Waals surface area contributed by atoms with Gasteiger partial charge in [-0.1, -0.05) is 25.7 Å². The molecule has 0 spiro atoms. The first-order valence-electron chi connectivity index (χ1n) is 7.53. The van der Waals surface area contributed by atoms with E-state index in [1.807, 2.05) is 0 Å².